The van der Waals surface area contributed by atoms with Crippen molar-refractivity contribution in [1.82, 2.24) is 10.2 Å². The van der Waals surface area contributed by atoms with Crippen molar-refractivity contribution in [2.75, 3.05) is 19.6 Å². The van der Waals surface area contributed by atoms with Crippen LogP contribution in [0, 0.1) is 17.8 Å². The number of nitrogens with zero attached hydrogens (tertiary/aromatic N) is 1. The van der Waals surface area contributed by atoms with Gasteiger partial charge in [-0.05, 0) is 62.1 Å². The van der Waals surface area contributed by atoms with Crippen LogP contribution in [0.4, 0.5) is 0 Å². The highest BCUT2D eigenvalue weighted by atomic mass is 16.2. The molecule has 1 heterocycles. The maximum absolute atomic E-state index is 12.5. The van der Waals surface area contributed by atoms with E-state index < -0.39 is 0 Å². The summed E-state index contributed by atoms with van der Waals surface area (Å²) in [4.78, 5) is 14.8. The Labute approximate surface area is 153 Å². The predicted molar refractivity (Wildman–Crippen MR) is 103 cm³/mol. The Hall–Kier alpha value is -1.35. The first-order chi connectivity index (χ1) is 12.1. The van der Waals surface area contributed by atoms with E-state index in [2.05, 4.69) is 54.4 Å². The number of hydrogen-bond acceptors (Lipinski definition) is 2. The predicted octanol–water partition coefficient (Wildman–Crippen LogP) is 3.88. The molecule has 0 unspecified atom stereocenters. The fourth-order valence-corrected chi connectivity index (χ4v) is 4.54. The lowest BCUT2D eigenvalue weighted by Gasteiger charge is -2.36. The molecule has 0 aromatic heterocycles. The standard InChI is InChI=1S/C22H34N2O/c1-17-7-6-10-21(18(17)2)23-22(25)16-24-13-11-20(12-14-24)15-19-8-4-3-5-9-19/h3-5,8-9,17-18,20-21H,6-7,10-16H2,1-2H3,(H,23,25)/t17-,18+,21+/m0/s1. The molecule has 1 aromatic carbocycles. The Balaban J connectivity index is 1.39. The first-order valence-electron chi connectivity index (χ1n) is 10.2. The summed E-state index contributed by atoms with van der Waals surface area (Å²) in [5.41, 5.74) is 1.44. The van der Waals surface area contributed by atoms with Gasteiger partial charge in [0.1, 0.15) is 0 Å². The van der Waals surface area contributed by atoms with Gasteiger partial charge >= 0.3 is 0 Å². The molecule has 25 heavy (non-hydrogen) atoms. The van der Waals surface area contributed by atoms with Crippen molar-refractivity contribution in [3.05, 3.63) is 35.9 Å². The van der Waals surface area contributed by atoms with E-state index in [1.54, 1.807) is 0 Å². The lowest BCUT2D eigenvalue weighted by atomic mass is 9.78. The zero-order chi connectivity index (χ0) is 17.6. The highest BCUT2D eigenvalue weighted by molar-refractivity contribution is 5.78. The molecule has 3 rings (SSSR count). The molecule has 1 amide bonds. The van der Waals surface area contributed by atoms with Crippen LogP contribution < -0.4 is 5.32 Å². The lowest BCUT2D eigenvalue weighted by molar-refractivity contribution is -0.124. The van der Waals surface area contributed by atoms with Crippen LogP contribution in [0.2, 0.25) is 0 Å². The first kappa shape index (κ1) is 18.4. The fourth-order valence-electron chi connectivity index (χ4n) is 4.54. The number of amides is 1. The Morgan fingerprint density at radius 2 is 1.80 bits per heavy atom. The van der Waals surface area contributed by atoms with Gasteiger partial charge in [0.2, 0.25) is 5.91 Å². The van der Waals surface area contributed by atoms with Gasteiger partial charge in [0.25, 0.3) is 0 Å². The van der Waals surface area contributed by atoms with Gasteiger partial charge in [0, 0.05) is 6.04 Å². The molecule has 0 bridgehead atoms. The average molecular weight is 343 g/mol. The summed E-state index contributed by atoms with van der Waals surface area (Å²) in [5.74, 6) is 2.33. The molecule has 0 spiro atoms. The first-order valence-corrected chi connectivity index (χ1v) is 10.2. The molecule has 1 N–H and O–H groups in total. The van der Waals surface area contributed by atoms with Crippen LogP contribution >= 0.6 is 0 Å². The number of likely N-dealkylation sites (tertiary alicyclic amines) is 1. The van der Waals surface area contributed by atoms with Gasteiger partial charge in [-0.15, -0.1) is 0 Å². The monoisotopic (exact) mass is 342 g/mol. The number of benzene rings is 1. The van der Waals surface area contributed by atoms with Gasteiger partial charge in [-0.2, -0.15) is 0 Å². The van der Waals surface area contributed by atoms with E-state index in [1.165, 1.54) is 37.7 Å². The minimum Gasteiger partial charge on any atom is -0.352 e. The average Bonchev–Trinajstić information content (AvgIpc) is 2.62. The molecule has 3 atom stereocenters. The van der Waals surface area contributed by atoms with Crippen molar-refractivity contribution in [3.8, 4) is 0 Å². The number of piperidine rings is 1. The summed E-state index contributed by atoms with van der Waals surface area (Å²) in [6, 6.07) is 11.2. The SMILES string of the molecule is C[C@@H]1[C@@H](C)CCC[C@H]1NC(=O)CN1CCC(Cc2ccccc2)CC1. The van der Waals surface area contributed by atoms with Crippen LogP contribution in [0.1, 0.15) is 51.5 Å². The van der Waals surface area contributed by atoms with Gasteiger partial charge in [-0.1, -0.05) is 57.0 Å². The topological polar surface area (TPSA) is 32.3 Å². The third kappa shape index (κ3) is 5.31. The molecule has 1 saturated heterocycles. The van der Waals surface area contributed by atoms with Crippen molar-refractivity contribution < 1.29 is 4.79 Å². The van der Waals surface area contributed by atoms with Crippen LogP contribution in [0.15, 0.2) is 30.3 Å². The fraction of sp³-hybridized carbons (Fsp3) is 0.682. The normalized spacial score (nSPS) is 28.6. The van der Waals surface area contributed by atoms with Crippen LogP contribution in [0.25, 0.3) is 0 Å². The van der Waals surface area contributed by atoms with Gasteiger partial charge in [0.05, 0.1) is 6.54 Å². The molecule has 3 nitrogen and oxygen atoms in total. The van der Waals surface area contributed by atoms with Crippen molar-refractivity contribution >= 4 is 5.91 Å². The van der Waals surface area contributed by atoms with Crippen molar-refractivity contribution in [2.24, 2.45) is 17.8 Å². The molecule has 1 aliphatic heterocycles. The molecule has 1 aromatic rings. The molecule has 1 aliphatic carbocycles. The molecular weight excluding hydrogens is 308 g/mol. The van der Waals surface area contributed by atoms with Crippen LogP contribution in [-0.4, -0.2) is 36.5 Å². The Bertz CT molecular complexity index is 536. The second kappa shape index (κ2) is 8.84. The number of rotatable bonds is 5. The molecule has 2 fully saturated rings. The van der Waals surface area contributed by atoms with Gasteiger partial charge < -0.3 is 5.32 Å². The summed E-state index contributed by atoms with van der Waals surface area (Å²) >= 11 is 0. The Morgan fingerprint density at radius 3 is 2.52 bits per heavy atom. The maximum Gasteiger partial charge on any atom is 0.234 e. The van der Waals surface area contributed by atoms with Gasteiger partial charge in [0.15, 0.2) is 0 Å². The molecule has 1 saturated carbocycles. The van der Waals surface area contributed by atoms with Crippen molar-refractivity contribution in [2.45, 2.75) is 58.4 Å². The number of nitrogens with one attached hydrogen (secondary N) is 1. The third-order valence-electron chi connectivity index (χ3n) is 6.49. The van der Waals surface area contributed by atoms with Gasteiger partial charge in [-0.25, -0.2) is 0 Å². The second-order valence-corrected chi connectivity index (χ2v) is 8.35. The highest BCUT2D eigenvalue weighted by Gasteiger charge is 2.29. The maximum atomic E-state index is 12.5. The van der Waals surface area contributed by atoms with E-state index in [0.717, 1.165) is 31.3 Å². The van der Waals surface area contributed by atoms with E-state index >= 15 is 0 Å². The van der Waals surface area contributed by atoms with Gasteiger partial charge in [-0.3, -0.25) is 9.69 Å². The summed E-state index contributed by atoms with van der Waals surface area (Å²) in [5, 5.41) is 3.32. The number of carbonyl (C=O) groups excluding carboxylic acids is 1. The van der Waals surface area contributed by atoms with E-state index in [9.17, 15) is 4.79 Å². The largest absolute Gasteiger partial charge is 0.352 e. The van der Waals surface area contributed by atoms with Crippen LogP contribution in [-0.2, 0) is 11.2 Å². The zero-order valence-electron chi connectivity index (χ0n) is 15.9. The zero-order valence-corrected chi connectivity index (χ0v) is 15.9. The molecular formula is C22H34N2O. The van der Waals surface area contributed by atoms with E-state index in [0.29, 0.717) is 18.5 Å². The quantitative estimate of drug-likeness (QED) is 0.881. The van der Waals surface area contributed by atoms with Crippen molar-refractivity contribution in [3.63, 3.8) is 0 Å². The summed E-state index contributed by atoms with van der Waals surface area (Å²) < 4.78 is 0. The molecule has 138 valence electrons. The van der Waals surface area contributed by atoms with E-state index in [-0.39, 0.29) is 5.91 Å². The third-order valence-corrected chi connectivity index (χ3v) is 6.49. The number of carbonyl (C=O) groups is 1. The molecule has 2 aliphatic rings. The summed E-state index contributed by atoms with van der Waals surface area (Å²) in [6.45, 7) is 7.31. The second-order valence-electron chi connectivity index (χ2n) is 8.35. The minimum atomic E-state index is 0.229. The van der Waals surface area contributed by atoms with Crippen LogP contribution in [0.5, 0.6) is 0 Å². The number of hydrogen-bond donors (Lipinski definition) is 1. The van der Waals surface area contributed by atoms with E-state index in [4.69, 9.17) is 0 Å². The minimum absolute atomic E-state index is 0.229. The smallest absolute Gasteiger partial charge is 0.234 e. The molecule has 0 radical (unpaired) electrons. The lowest BCUT2D eigenvalue weighted by Crippen LogP contribution is -2.48. The summed E-state index contributed by atoms with van der Waals surface area (Å²) in [7, 11) is 0. The van der Waals surface area contributed by atoms with Crippen LogP contribution in [0.3, 0.4) is 0 Å². The highest BCUT2D eigenvalue weighted by Crippen LogP contribution is 2.29. The van der Waals surface area contributed by atoms with E-state index in [1.807, 2.05) is 0 Å². The Morgan fingerprint density at radius 1 is 1.08 bits per heavy atom. The summed E-state index contributed by atoms with van der Waals surface area (Å²) in [6.07, 6.45) is 7.30. The molecule has 3 heteroatoms. The Kier molecular flexibility index (Phi) is 6.52. The van der Waals surface area contributed by atoms with Crippen molar-refractivity contribution in [1.29, 1.82) is 0 Å².